The molecule has 0 bridgehead atoms. The van der Waals surface area contributed by atoms with Crippen LogP contribution in [0, 0.1) is 0 Å². The van der Waals surface area contributed by atoms with Crippen LogP contribution in [0.25, 0.3) is 0 Å². The minimum atomic E-state index is -3.86. The van der Waals surface area contributed by atoms with Gasteiger partial charge < -0.3 is 14.4 Å². The van der Waals surface area contributed by atoms with E-state index in [1.807, 2.05) is 6.92 Å². The molecule has 7 nitrogen and oxygen atoms in total. The lowest BCUT2D eigenvalue weighted by Gasteiger charge is -2.44. The highest BCUT2D eigenvalue weighted by Crippen LogP contribution is 2.44. The van der Waals surface area contributed by atoms with E-state index in [4.69, 9.17) is 20.5 Å². The highest BCUT2D eigenvalue weighted by Gasteiger charge is 2.48. The summed E-state index contributed by atoms with van der Waals surface area (Å²) in [6.07, 6.45) is 1.17. The third-order valence-electron chi connectivity index (χ3n) is 4.96. The van der Waals surface area contributed by atoms with Crippen LogP contribution in [0.4, 0.5) is 0 Å². The van der Waals surface area contributed by atoms with E-state index in [-0.39, 0.29) is 0 Å². The number of hydrogen-bond acceptors (Lipinski definition) is 6. The minimum absolute atomic E-state index is 0.397. The number of aliphatic hydroxyl groups is 1. The largest absolute Gasteiger partial charge is 0.485 e. The van der Waals surface area contributed by atoms with Crippen LogP contribution in [0.3, 0.4) is 0 Å². The van der Waals surface area contributed by atoms with Gasteiger partial charge in [-0.1, -0.05) is 18.5 Å². The van der Waals surface area contributed by atoms with Gasteiger partial charge in [0.25, 0.3) is 15.7 Å². The Hall–Kier alpha value is -1.87. The predicted molar refractivity (Wildman–Crippen MR) is 110 cm³/mol. The molecule has 1 N–H and O–H groups in total. The van der Waals surface area contributed by atoms with Crippen LogP contribution >= 0.6 is 11.6 Å². The van der Waals surface area contributed by atoms with Gasteiger partial charge in [-0.05, 0) is 50.1 Å². The molecule has 3 rings (SSSR count). The van der Waals surface area contributed by atoms with Crippen molar-refractivity contribution in [1.29, 1.82) is 0 Å². The summed E-state index contributed by atoms with van der Waals surface area (Å²) in [5.74, 6) is 0.488. The van der Waals surface area contributed by atoms with E-state index in [0.29, 0.717) is 28.3 Å². The van der Waals surface area contributed by atoms with Gasteiger partial charge in [-0.3, -0.25) is 8.98 Å². The van der Waals surface area contributed by atoms with Crippen molar-refractivity contribution in [1.82, 2.24) is 4.57 Å². The van der Waals surface area contributed by atoms with E-state index < -0.39 is 39.5 Å². The van der Waals surface area contributed by atoms with Crippen molar-refractivity contribution in [2.24, 2.45) is 0 Å². The summed E-state index contributed by atoms with van der Waals surface area (Å²) in [4.78, 5) is 12.9. The number of aromatic nitrogens is 1. The lowest BCUT2D eigenvalue weighted by Crippen LogP contribution is -2.54. The molecule has 1 aromatic carbocycles. The zero-order chi connectivity index (χ0) is 21.6. The Morgan fingerprint density at radius 2 is 2.00 bits per heavy atom. The zero-order valence-corrected chi connectivity index (χ0v) is 18.2. The Morgan fingerprint density at radius 3 is 2.59 bits per heavy atom. The van der Waals surface area contributed by atoms with Crippen LogP contribution in [-0.2, 0) is 14.3 Å². The maximum absolute atomic E-state index is 12.9. The van der Waals surface area contributed by atoms with Crippen molar-refractivity contribution in [2.45, 2.75) is 51.0 Å². The zero-order valence-electron chi connectivity index (χ0n) is 16.6. The van der Waals surface area contributed by atoms with Gasteiger partial charge in [-0.15, -0.1) is 0 Å². The fourth-order valence-electron chi connectivity index (χ4n) is 3.56. The summed E-state index contributed by atoms with van der Waals surface area (Å²) in [6.45, 7) is 5.21. The molecule has 1 aromatic heterocycles. The van der Waals surface area contributed by atoms with Gasteiger partial charge in [0.2, 0.25) is 0 Å². The first-order valence-electron chi connectivity index (χ1n) is 9.20. The molecule has 2 heterocycles. The standard InChI is InChI=1S/C20H24ClNO6S/c1-5-15(23)12-8-9-22(17(24)10-12)18-14-11-13(21)6-7-16(14)27-20(2,3)19(18)28-29(4,25)26/h6-11,15,18-19,23H,5H2,1-4H3/t15?,18-,19+/m1/s1. The van der Waals surface area contributed by atoms with Gasteiger partial charge in [-0.25, -0.2) is 0 Å². The molecule has 0 spiro atoms. The third kappa shape index (κ3) is 4.50. The van der Waals surface area contributed by atoms with Crippen molar-refractivity contribution < 1.29 is 22.4 Å². The molecule has 3 atom stereocenters. The van der Waals surface area contributed by atoms with E-state index in [0.717, 1.165) is 6.26 Å². The molecule has 2 aromatic rings. The molecule has 0 radical (unpaired) electrons. The molecule has 0 fully saturated rings. The lowest BCUT2D eigenvalue weighted by atomic mass is 9.86. The van der Waals surface area contributed by atoms with Crippen LogP contribution in [0.1, 0.15) is 50.5 Å². The van der Waals surface area contributed by atoms with Crippen molar-refractivity contribution in [3.05, 3.63) is 63.0 Å². The number of hydrogen-bond donors (Lipinski definition) is 1. The first kappa shape index (κ1) is 21.8. The SMILES string of the molecule is CCC(O)c1ccn([C@@H]2c3cc(Cl)ccc3OC(C)(C)[C@H]2OS(C)(=O)=O)c(=O)c1. The number of fused-ring (bicyclic) bond motifs is 1. The molecule has 1 aliphatic rings. The van der Waals surface area contributed by atoms with Gasteiger partial charge in [-0.2, -0.15) is 8.42 Å². The molecule has 0 aliphatic carbocycles. The topological polar surface area (TPSA) is 94.8 Å². The Morgan fingerprint density at radius 1 is 1.31 bits per heavy atom. The average molecular weight is 442 g/mol. The summed E-state index contributed by atoms with van der Waals surface area (Å²) >= 11 is 6.17. The first-order valence-corrected chi connectivity index (χ1v) is 11.4. The summed E-state index contributed by atoms with van der Waals surface area (Å²) in [5.41, 5.74) is -0.427. The Labute approximate surface area is 175 Å². The van der Waals surface area contributed by atoms with Gasteiger partial charge >= 0.3 is 0 Å². The Balaban J connectivity index is 2.23. The van der Waals surface area contributed by atoms with Crippen LogP contribution in [-0.4, -0.2) is 36.1 Å². The third-order valence-corrected chi connectivity index (χ3v) is 5.75. The van der Waals surface area contributed by atoms with Crippen molar-refractivity contribution in [3.63, 3.8) is 0 Å². The van der Waals surface area contributed by atoms with Crippen molar-refractivity contribution in [3.8, 4) is 5.75 Å². The smallest absolute Gasteiger partial charge is 0.264 e. The normalized spacial score (nSPS) is 21.9. The second kappa shape index (κ2) is 7.75. The number of halogens is 1. The molecule has 1 unspecified atom stereocenters. The second-order valence-electron chi connectivity index (χ2n) is 7.68. The van der Waals surface area contributed by atoms with Crippen molar-refractivity contribution in [2.75, 3.05) is 6.26 Å². The highest BCUT2D eigenvalue weighted by atomic mass is 35.5. The van der Waals surface area contributed by atoms with Crippen LogP contribution in [0.5, 0.6) is 5.75 Å². The maximum atomic E-state index is 12.9. The number of pyridine rings is 1. The van der Waals surface area contributed by atoms with E-state index in [1.54, 1.807) is 38.1 Å². The van der Waals surface area contributed by atoms with E-state index in [9.17, 15) is 18.3 Å². The Kier molecular flexibility index (Phi) is 5.84. The lowest BCUT2D eigenvalue weighted by molar-refractivity contribution is -0.0463. The van der Waals surface area contributed by atoms with E-state index in [1.165, 1.54) is 16.8 Å². The van der Waals surface area contributed by atoms with Crippen molar-refractivity contribution >= 4 is 21.7 Å². The van der Waals surface area contributed by atoms with Crippen LogP contribution in [0.2, 0.25) is 5.02 Å². The van der Waals surface area contributed by atoms with Gasteiger partial charge in [0, 0.05) is 22.8 Å². The monoisotopic (exact) mass is 441 g/mol. The molecule has 158 valence electrons. The number of rotatable bonds is 5. The number of ether oxygens (including phenoxy) is 1. The van der Waals surface area contributed by atoms with Gasteiger partial charge in [0.15, 0.2) is 0 Å². The summed E-state index contributed by atoms with van der Waals surface area (Å²) in [7, 11) is -3.86. The first-order chi connectivity index (χ1) is 13.4. The number of nitrogens with zero attached hydrogens (tertiary/aromatic N) is 1. The van der Waals surface area contributed by atoms with E-state index in [2.05, 4.69) is 0 Å². The molecular formula is C20H24ClNO6S. The second-order valence-corrected chi connectivity index (χ2v) is 9.72. The molecule has 29 heavy (non-hydrogen) atoms. The fourth-order valence-corrected chi connectivity index (χ4v) is 4.45. The molecule has 0 saturated heterocycles. The van der Waals surface area contributed by atoms with E-state index >= 15 is 0 Å². The molecule has 0 saturated carbocycles. The predicted octanol–water partition coefficient (Wildman–Crippen LogP) is 3.05. The van der Waals surface area contributed by atoms with Gasteiger partial charge in [0.05, 0.1) is 18.4 Å². The molecule has 0 amide bonds. The summed E-state index contributed by atoms with van der Waals surface area (Å²) in [6, 6.07) is 7.16. The quantitative estimate of drug-likeness (QED) is 0.716. The summed E-state index contributed by atoms with van der Waals surface area (Å²) in [5, 5.41) is 10.5. The molecule has 9 heteroatoms. The minimum Gasteiger partial charge on any atom is -0.485 e. The Bertz CT molecular complexity index is 1080. The number of aliphatic hydroxyl groups excluding tert-OH is 1. The molecule has 1 aliphatic heterocycles. The highest BCUT2D eigenvalue weighted by molar-refractivity contribution is 7.86. The maximum Gasteiger partial charge on any atom is 0.264 e. The van der Waals surface area contributed by atoms with Gasteiger partial charge in [0.1, 0.15) is 17.5 Å². The number of benzene rings is 1. The fraction of sp³-hybridized carbons (Fsp3) is 0.450. The molecular weight excluding hydrogens is 418 g/mol. The average Bonchev–Trinajstić information content (AvgIpc) is 2.61. The summed E-state index contributed by atoms with van der Waals surface area (Å²) < 4.78 is 36.8. The van der Waals surface area contributed by atoms with Crippen LogP contribution in [0.15, 0.2) is 41.3 Å². The van der Waals surface area contributed by atoms with Crippen LogP contribution < -0.4 is 10.3 Å².